The minimum atomic E-state index is -0.146. The van der Waals surface area contributed by atoms with E-state index in [2.05, 4.69) is 30.6 Å². The highest BCUT2D eigenvalue weighted by Gasteiger charge is 2.02. The molecule has 15 heavy (non-hydrogen) atoms. The van der Waals surface area contributed by atoms with Gasteiger partial charge in [0.1, 0.15) is 0 Å². The van der Waals surface area contributed by atoms with Gasteiger partial charge in [-0.2, -0.15) is 0 Å². The smallest absolute Gasteiger partial charge is 0.187 e. The van der Waals surface area contributed by atoms with Gasteiger partial charge in [0, 0.05) is 12.3 Å². The van der Waals surface area contributed by atoms with Crippen LogP contribution in [0.3, 0.4) is 0 Å². The van der Waals surface area contributed by atoms with E-state index in [0.717, 1.165) is 18.4 Å². The van der Waals surface area contributed by atoms with Crippen molar-refractivity contribution >= 4 is 6.72 Å². The summed E-state index contributed by atoms with van der Waals surface area (Å²) >= 11 is 0. The second-order valence-corrected chi connectivity index (χ2v) is 3.15. The van der Waals surface area contributed by atoms with E-state index in [1.807, 2.05) is 30.3 Å². The van der Waals surface area contributed by atoms with Gasteiger partial charge in [0.2, 0.25) is 0 Å². The van der Waals surface area contributed by atoms with Crippen LogP contribution in [0.15, 0.2) is 35.5 Å². The summed E-state index contributed by atoms with van der Waals surface area (Å²) in [5.41, 5.74) is 0.992. The second-order valence-electron chi connectivity index (χ2n) is 3.15. The Balaban J connectivity index is 2.64. The molecular weight excluding hydrogens is 186 g/mol. The molecule has 0 spiro atoms. The maximum absolute atomic E-state index is 5.04. The molecule has 1 rings (SSSR count). The molecule has 1 aromatic carbocycles. The van der Waals surface area contributed by atoms with Crippen molar-refractivity contribution in [3.05, 3.63) is 35.9 Å². The average molecular weight is 201 g/mol. The van der Waals surface area contributed by atoms with Crippen LogP contribution < -0.4 is 0 Å². The molecule has 2 nitrogen and oxygen atoms in total. The first-order chi connectivity index (χ1) is 7.36. The van der Waals surface area contributed by atoms with E-state index in [-0.39, 0.29) is 6.10 Å². The molecule has 0 N–H and O–H groups in total. The first kappa shape index (κ1) is 11.3. The van der Waals surface area contributed by atoms with Gasteiger partial charge in [0.05, 0.1) is 0 Å². The fourth-order valence-corrected chi connectivity index (χ4v) is 1.19. The molecule has 0 fully saturated rings. The monoisotopic (exact) mass is 201 g/mol. The third-order valence-corrected chi connectivity index (χ3v) is 1.90. The summed E-state index contributed by atoms with van der Waals surface area (Å²) in [6.45, 7) is 5.38. The molecule has 78 valence electrons. The summed E-state index contributed by atoms with van der Waals surface area (Å²) in [4.78, 5) is 5.04. The molecule has 0 bridgehead atoms. The summed E-state index contributed by atoms with van der Waals surface area (Å²) in [6, 6.07) is 9.84. The zero-order chi connectivity index (χ0) is 10.9. The van der Waals surface area contributed by atoms with Crippen molar-refractivity contribution in [3.8, 4) is 11.8 Å². The predicted molar refractivity (Wildman–Crippen MR) is 62.7 cm³/mol. The van der Waals surface area contributed by atoms with E-state index in [1.165, 1.54) is 0 Å². The lowest BCUT2D eigenvalue weighted by Gasteiger charge is -2.05. The lowest BCUT2D eigenvalue weighted by Crippen LogP contribution is -2.05. The van der Waals surface area contributed by atoms with Crippen LogP contribution in [0.1, 0.15) is 25.3 Å². The minimum absolute atomic E-state index is 0.146. The van der Waals surface area contributed by atoms with E-state index in [4.69, 9.17) is 4.84 Å². The Morgan fingerprint density at radius 1 is 1.40 bits per heavy atom. The highest BCUT2D eigenvalue weighted by atomic mass is 16.6. The molecular formula is C13H15NO. The van der Waals surface area contributed by atoms with Gasteiger partial charge in [0.15, 0.2) is 6.10 Å². The Kier molecular flexibility index (Phi) is 5.03. The largest absolute Gasteiger partial charge is 0.380 e. The van der Waals surface area contributed by atoms with Crippen LogP contribution in [-0.4, -0.2) is 12.8 Å². The van der Waals surface area contributed by atoms with Gasteiger partial charge in [-0.1, -0.05) is 43.4 Å². The SMILES string of the molecule is C=NOC(C#Cc1ccccc1)CCC. The van der Waals surface area contributed by atoms with E-state index in [0.29, 0.717) is 0 Å². The van der Waals surface area contributed by atoms with Crippen molar-refractivity contribution in [3.63, 3.8) is 0 Å². The third kappa shape index (κ3) is 4.33. The van der Waals surface area contributed by atoms with Gasteiger partial charge in [-0.15, -0.1) is 5.16 Å². The van der Waals surface area contributed by atoms with Crippen molar-refractivity contribution < 1.29 is 4.84 Å². The Hall–Kier alpha value is -1.75. The third-order valence-electron chi connectivity index (χ3n) is 1.90. The normalized spacial score (nSPS) is 11.0. The first-order valence-corrected chi connectivity index (χ1v) is 5.05. The first-order valence-electron chi connectivity index (χ1n) is 5.05. The molecule has 0 aromatic heterocycles. The van der Waals surface area contributed by atoms with Gasteiger partial charge in [-0.3, -0.25) is 0 Å². The summed E-state index contributed by atoms with van der Waals surface area (Å²) in [5, 5.41) is 3.41. The van der Waals surface area contributed by atoms with Gasteiger partial charge in [-0.05, 0) is 18.6 Å². The molecule has 2 heteroatoms. The number of rotatable bonds is 4. The van der Waals surface area contributed by atoms with Crippen molar-refractivity contribution in [1.82, 2.24) is 0 Å². The fraction of sp³-hybridized carbons (Fsp3) is 0.308. The van der Waals surface area contributed by atoms with Crippen molar-refractivity contribution in [2.75, 3.05) is 0 Å². The quantitative estimate of drug-likeness (QED) is 0.417. The zero-order valence-electron chi connectivity index (χ0n) is 8.94. The summed E-state index contributed by atoms with van der Waals surface area (Å²) in [5.74, 6) is 6.08. The lowest BCUT2D eigenvalue weighted by atomic mass is 10.2. The van der Waals surface area contributed by atoms with E-state index >= 15 is 0 Å². The predicted octanol–water partition coefficient (Wildman–Crippen LogP) is 2.84. The highest BCUT2D eigenvalue weighted by molar-refractivity contribution is 5.34. The molecule has 0 heterocycles. The summed E-state index contributed by atoms with van der Waals surface area (Å²) in [6.07, 6.45) is 1.75. The number of nitrogens with zero attached hydrogens (tertiary/aromatic N) is 1. The Morgan fingerprint density at radius 2 is 2.13 bits per heavy atom. The molecule has 0 aliphatic rings. The van der Waals surface area contributed by atoms with Crippen LogP contribution in [0.2, 0.25) is 0 Å². The zero-order valence-corrected chi connectivity index (χ0v) is 8.94. The van der Waals surface area contributed by atoms with E-state index < -0.39 is 0 Å². The van der Waals surface area contributed by atoms with Crippen LogP contribution in [0.5, 0.6) is 0 Å². The average Bonchev–Trinajstić information content (AvgIpc) is 2.28. The Morgan fingerprint density at radius 3 is 2.73 bits per heavy atom. The van der Waals surface area contributed by atoms with Gasteiger partial charge in [-0.25, -0.2) is 0 Å². The minimum Gasteiger partial charge on any atom is -0.380 e. The lowest BCUT2D eigenvalue weighted by molar-refractivity contribution is 0.0948. The van der Waals surface area contributed by atoms with E-state index in [1.54, 1.807) is 0 Å². The molecule has 0 amide bonds. The van der Waals surface area contributed by atoms with Gasteiger partial charge in [0.25, 0.3) is 0 Å². The van der Waals surface area contributed by atoms with Gasteiger partial charge >= 0.3 is 0 Å². The second kappa shape index (κ2) is 6.67. The number of benzene rings is 1. The summed E-state index contributed by atoms with van der Waals surface area (Å²) < 4.78 is 0. The Bertz CT molecular complexity index is 348. The van der Waals surface area contributed by atoms with Crippen LogP contribution in [0, 0.1) is 11.8 Å². The van der Waals surface area contributed by atoms with Crippen LogP contribution in [0.25, 0.3) is 0 Å². The molecule has 0 aliphatic heterocycles. The highest BCUT2D eigenvalue weighted by Crippen LogP contribution is 2.02. The van der Waals surface area contributed by atoms with Crippen LogP contribution in [0.4, 0.5) is 0 Å². The maximum Gasteiger partial charge on any atom is 0.187 e. The van der Waals surface area contributed by atoms with Crippen LogP contribution >= 0.6 is 0 Å². The maximum atomic E-state index is 5.04. The molecule has 1 atom stereocenters. The van der Waals surface area contributed by atoms with Crippen molar-refractivity contribution in [1.29, 1.82) is 0 Å². The van der Waals surface area contributed by atoms with Crippen molar-refractivity contribution in [2.24, 2.45) is 5.16 Å². The molecule has 0 radical (unpaired) electrons. The molecule has 0 saturated heterocycles. The van der Waals surface area contributed by atoms with E-state index in [9.17, 15) is 0 Å². The summed E-state index contributed by atoms with van der Waals surface area (Å²) in [7, 11) is 0. The number of oxime groups is 1. The molecule has 0 aliphatic carbocycles. The molecule has 0 saturated carbocycles. The standard InChI is InChI=1S/C13H15NO/c1-3-7-13(15-14-2)11-10-12-8-5-4-6-9-12/h4-6,8-9,13H,2-3,7H2,1H3. The molecule has 1 aromatic rings. The Labute approximate surface area is 90.9 Å². The fourth-order valence-electron chi connectivity index (χ4n) is 1.19. The molecule has 1 unspecified atom stereocenters. The topological polar surface area (TPSA) is 21.6 Å². The van der Waals surface area contributed by atoms with Gasteiger partial charge < -0.3 is 4.84 Å². The van der Waals surface area contributed by atoms with Crippen molar-refractivity contribution in [2.45, 2.75) is 25.9 Å². The number of hydrogen-bond acceptors (Lipinski definition) is 2. The van der Waals surface area contributed by atoms with Crippen LogP contribution in [-0.2, 0) is 4.84 Å². The number of hydrogen-bond donors (Lipinski definition) is 0.